The number of benzene rings is 2. The maximum absolute atomic E-state index is 13.8. The van der Waals surface area contributed by atoms with Crippen LogP contribution in [-0.4, -0.2) is 71.6 Å². The number of aromatic nitrogens is 1. The van der Waals surface area contributed by atoms with Gasteiger partial charge in [0, 0.05) is 37.5 Å². The number of hydrogen-bond acceptors (Lipinski definition) is 6. The van der Waals surface area contributed by atoms with Crippen LogP contribution in [0.15, 0.2) is 65.2 Å². The van der Waals surface area contributed by atoms with E-state index >= 15 is 0 Å². The molecule has 1 spiro atoms. The van der Waals surface area contributed by atoms with Gasteiger partial charge in [-0.15, -0.1) is 0 Å². The van der Waals surface area contributed by atoms with Gasteiger partial charge in [-0.1, -0.05) is 35.5 Å². The average molecular weight is 603 g/mol. The number of methoxy groups -OCH3 is 1. The number of urea groups is 1. The summed E-state index contributed by atoms with van der Waals surface area (Å²) in [6, 6.07) is 17.5. The van der Waals surface area contributed by atoms with Gasteiger partial charge in [0.1, 0.15) is 5.82 Å². The van der Waals surface area contributed by atoms with Crippen LogP contribution in [0.1, 0.15) is 44.2 Å². The van der Waals surface area contributed by atoms with Crippen LogP contribution in [0.25, 0.3) is 11.3 Å². The van der Waals surface area contributed by atoms with Crippen molar-refractivity contribution in [2.75, 3.05) is 38.7 Å². The molecule has 8 nitrogen and oxygen atoms in total. The van der Waals surface area contributed by atoms with Crippen molar-refractivity contribution >= 4 is 11.7 Å². The van der Waals surface area contributed by atoms with Crippen molar-refractivity contribution in [1.82, 2.24) is 15.0 Å². The quantitative estimate of drug-likeness (QED) is 0.358. The molecule has 2 aromatic carbocycles. The van der Waals surface area contributed by atoms with Crippen LogP contribution in [0.3, 0.4) is 0 Å². The summed E-state index contributed by atoms with van der Waals surface area (Å²) in [4.78, 5) is 18.2. The summed E-state index contributed by atoms with van der Waals surface area (Å²) < 4.78 is 25.0. The van der Waals surface area contributed by atoms with E-state index in [0.717, 1.165) is 75.2 Å². The van der Waals surface area contributed by atoms with E-state index in [4.69, 9.17) is 9.26 Å². The first-order valence-corrected chi connectivity index (χ1v) is 16.2. The number of anilines is 1. The summed E-state index contributed by atoms with van der Waals surface area (Å²) in [7, 11) is 1.82. The van der Waals surface area contributed by atoms with E-state index in [2.05, 4.69) is 15.4 Å². The smallest absolute Gasteiger partial charge is 0.322 e. The molecule has 2 amide bonds. The van der Waals surface area contributed by atoms with Gasteiger partial charge in [0.15, 0.2) is 5.76 Å². The van der Waals surface area contributed by atoms with Crippen LogP contribution in [0, 0.1) is 34.9 Å². The Morgan fingerprint density at radius 2 is 1.86 bits per heavy atom. The van der Waals surface area contributed by atoms with Crippen LogP contribution >= 0.6 is 0 Å². The summed E-state index contributed by atoms with van der Waals surface area (Å²) in [5.41, 5.74) is 2.49. The molecule has 0 radical (unpaired) electrons. The second-order valence-electron chi connectivity index (χ2n) is 13.5. The van der Waals surface area contributed by atoms with E-state index in [0.29, 0.717) is 36.1 Å². The van der Waals surface area contributed by atoms with Gasteiger partial charge in [0.25, 0.3) is 0 Å². The number of aliphatic hydroxyl groups is 1. The first-order chi connectivity index (χ1) is 21.5. The summed E-state index contributed by atoms with van der Waals surface area (Å²) in [6.07, 6.45) is 6.59. The second-order valence-corrected chi connectivity index (χ2v) is 13.5. The van der Waals surface area contributed by atoms with Crippen LogP contribution < -0.4 is 5.32 Å². The standard InChI is InChI=1S/C35H43FN4O4/c1-43-28-11-12-29-24(17-28)18-30-31(21-41)40(34(42)37-26-9-7-25(36)8-10-26)22-35(33(29)30)13-15-39(16-14-35)20-27-19-32(44-38-27)23-5-3-2-4-6-23/h2-10,19,24,28-31,33,41H,11-18,20-22H2,1H3,(H,37,42)/t24?,28?,29?,30?,31-,33?/m0/s1. The molecule has 2 aliphatic carbocycles. The first-order valence-electron chi connectivity index (χ1n) is 16.2. The molecule has 3 heterocycles. The van der Waals surface area contributed by atoms with E-state index in [1.807, 2.05) is 48.4 Å². The van der Waals surface area contributed by atoms with Gasteiger partial charge in [-0.2, -0.15) is 0 Å². The molecular formula is C35H43FN4O4. The SMILES string of the molecule is COC1CCC2C(C1)CC1C2C2(CCN(Cc3cc(-c4ccccc4)on3)CC2)CN(C(=O)Nc2ccc(F)cc2)[C@H]1CO. The molecule has 3 aromatic rings. The van der Waals surface area contributed by atoms with E-state index in [9.17, 15) is 14.3 Å². The normalized spacial score (nSPS) is 29.8. The van der Waals surface area contributed by atoms with Gasteiger partial charge >= 0.3 is 6.03 Å². The number of likely N-dealkylation sites (tertiary alicyclic amines) is 2. The number of nitrogens with zero attached hydrogens (tertiary/aromatic N) is 3. The van der Waals surface area contributed by atoms with Gasteiger partial charge in [0.05, 0.1) is 24.4 Å². The second kappa shape index (κ2) is 12.3. The van der Waals surface area contributed by atoms with Crippen molar-refractivity contribution in [3.8, 4) is 11.3 Å². The molecular weight excluding hydrogens is 559 g/mol. The molecule has 234 valence electrons. The lowest BCUT2D eigenvalue weighted by Gasteiger charge is -2.58. The number of halogens is 1. The van der Waals surface area contributed by atoms with E-state index in [1.165, 1.54) is 12.1 Å². The van der Waals surface area contributed by atoms with Gasteiger partial charge in [-0.25, -0.2) is 9.18 Å². The molecule has 6 atom stereocenters. The van der Waals surface area contributed by atoms with Crippen molar-refractivity contribution in [3.63, 3.8) is 0 Å². The molecule has 1 aromatic heterocycles. The molecule has 2 N–H and O–H groups in total. The number of carbonyl (C=O) groups excluding carboxylic acids is 1. The lowest BCUT2D eigenvalue weighted by atomic mass is 9.57. The average Bonchev–Trinajstić information content (AvgIpc) is 3.68. The summed E-state index contributed by atoms with van der Waals surface area (Å²) in [5.74, 6) is 2.31. The lowest BCUT2D eigenvalue weighted by molar-refractivity contribution is -0.0905. The largest absolute Gasteiger partial charge is 0.394 e. The molecule has 4 fully saturated rings. The fourth-order valence-electron chi connectivity index (χ4n) is 9.30. The minimum Gasteiger partial charge on any atom is -0.394 e. The Bertz CT molecular complexity index is 1420. The third kappa shape index (κ3) is 5.54. The number of rotatable bonds is 6. The Kier molecular flexibility index (Phi) is 8.20. The minimum atomic E-state index is -0.340. The third-order valence-electron chi connectivity index (χ3n) is 11.3. The maximum Gasteiger partial charge on any atom is 0.322 e. The highest BCUT2D eigenvalue weighted by Gasteiger charge is 2.61. The number of fused-ring (bicyclic) bond motifs is 4. The highest BCUT2D eigenvalue weighted by atomic mass is 19.1. The number of ether oxygens (including phenoxy) is 1. The van der Waals surface area contributed by atoms with Crippen molar-refractivity contribution < 1.29 is 23.6 Å². The van der Waals surface area contributed by atoms with Crippen LogP contribution in [0.5, 0.6) is 0 Å². The number of hydrogen-bond donors (Lipinski definition) is 2. The van der Waals surface area contributed by atoms with E-state index < -0.39 is 0 Å². The zero-order valence-corrected chi connectivity index (χ0v) is 25.4. The van der Waals surface area contributed by atoms with Crippen LogP contribution in [0.2, 0.25) is 0 Å². The third-order valence-corrected chi connectivity index (χ3v) is 11.3. The number of nitrogens with one attached hydrogen (secondary N) is 1. The maximum atomic E-state index is 13.8. The fourth-order valence-corrected chi connectivity index (χ4v) is 9.30. The minimum absolute atomic E-state index is 0.0225. The summed E-state index contributed by atoms with van der Waals surface area (Å²) in [6.45, 7) is 3.15. The molecule has 4 aliphatic rings. The number of amides is 2. The van der Waals surface area contributed by atoms with Crippen molar-refractivity contribution in [2.24, 2.45) is 29.1 Å². The molecule has 9 heteroatoms. The number of aliphatic hydroxyl groups excluding tert-OH is 1. The molecule has 2 aliphatic heterocycles. The molecule has 0 bridgehead atoms. The fraction of sp³-hybridized carbons (Fsp3) is 0.543. The van der Waals surface area contributed by atoms with Gasteiger partial charge in [0.2, 0.25) is 0 Å². The predicted octanol–water partition coefficient (Wildman–Crippen LogP) is 6.04. The Morgan fingerprint density at radius 3 is 2.59 bits per heavy atom. The Balaban J connectivity index is 1.11. The summed E-state index contributed by atoms with van der Waals surface area (Å²) in [5, 5.41) is 18.1. The molecule has 2 saturated carbocycles. The first kappa shape index (κ1) is 29.4. The van der Waals surface area contributed by atoms with Crippen molar-refractivity contribution in [2.45, 2.75) is 57.2 Å². The number of piperidine rings is 2. The number of carbonyl (C=O) groups is 1. The molecule has 2 saturated heterocycles. The van der Waals surface area contributed by atoms with Crippen LogP contribution in [-0.2, 0) is 11.3 Å². The Hall–Kier alpha value is -3.27. The molecule has 7 rings (SSSR count). The van der Waals surface area contributed by atoms with Gasteiger partial charge < -0.3 is 24.6 Å². The van der Waals surface area contributed by atoms with E-state index in [-0.39, 0.29) is 35.8 Å². The monoisotopic (exact) mass is 602 g/mol. The van der Waals surface area contributed by atoms with Gasteiger partial charge in [-0.3, -0.25) is 4.90 Å². The highest BCUT2D eigenvalue weighted by molar-refractivity contribution is 5.89. The lowest BCUT2D eigenvalue weighted by Crippen LogP contribution is -2.64. The summed E-state index contributed by atoms with van der Waals surface area (Å²) >= 11 is 0. The van der Waals surface area contributed by atoms with Crippen molar-refractivity contribution in [1.29, 1.82) is 0 Å². The zero-order valence-electron chi connectivity index (χ0n) is 25.4. The van der Waals surface area contributed by atoms with Gasteiger partial charge in [-0.05, 0) is 105 Å². The van der Waals surface area contributed by atoms with Crippen molar-refractivity contribution in [3.05, 3.63) is 72.2 Å². The van der Waals surface area contributed by atoms with E-state index in [1.54, 1.807) is 12.1 Å². The Morgan fingerprint density at radius 1 is 1.09 bits per heavy atom. The highest BCUT2D eigenvalue weighted by Crippen LogP contribution is 2.62. The molecule has 44 heavy (non-hydrogen) atoms. The van der Waals surface area contributed by atoms with Crippen LogP contribution in [0.4, 0.5) is 14.9 Å². The Labute approximate surface area is 258 Å². The zero-order chi connectivity index (χ0) is 30.3. The topological polar surface area (TPSA) is 91.1 Å². The molecule has 5 unspecified atom stereocenters. The predicted molar refractivity (Wildman–Crippen MR) is 165 cm³/mol.